The standard InChI is InChI=1S/C19H20F3N5O4/c1-10(2)30-15-6-25-16(7-24-15)31-18(28)26-11-3-4-13(20)12(5-11)19(17(21)22)9-29-8-14(23)27-19/h3-7,10,17H,8-9H2,1-2H3,(H2,23,27)(H,26,28)/t19-/m0/s1. The molecule has 0 spiro atoms. The van der Waals surface area contributed by atoms with E-state index < -0.39 is 36.0 Å². The number of anilines is 1. The maximum atomic E-state index is 14.4. The van der Waals surface area contributed by atoms with Gasteiger partial charge in [0.05, 0.1) is 25.1 Å². The van der Waals surface area contributed by atoms with Crippen molar-refractivity contribution < 1.29 is 32.2 Å². The Kier molecular flexibility index (Phi) is 6.59. The van der Waals surface area contributed by atoms with Gasteiger partial charge in [-0.1, -0.05) is 0 Å². The summed E-state index contributed by atoms with van der Waals surface area (Å²) in [7, 11) is 0. The summed E-state index contributed by atoms with van der Waals surface area (Å²) in [5.41, 5.74) is 2.73. The van der Waals surface area contributed by atoms with Gasteiger partial charge in [0, 0.05) is 11.3 Å². The van der Waals surface area contributed by atoms with E-state index in [1.165, 1.54) is 18.5 Å². The summed E-state index contributed by atoms with van der Waals surface area (Å²) in [6, 6.07) is 3.13. The van der Waals surface area contributed by atoms with Crippen molar-refractivity contribution in [3.63, 3.8) is 0 Å². The predicted molar refractivity (Wildman–Crippen MR) is 104 cm³/mol. The molecule has 1 atom stereocenters. The number of nitrogens with two attached hydrogens (primary N) is 1. The van der Waals surface area contributed by atoms with Gasteiger partial charge in [0.2, 0.25) is 11.8 Å². The van der Waals surface area contributed by atoms with E-state index in [1.807, 2.05) is 13.8 Å². The average molecular weight is 439 g/mol. The number of carbonyl (C=O) groups excluding carboxylic acids is 1. The number of nitrogens with zero attached hydrogens (tertiary/aromatic N) is 3. The molecule has 2 heterocycles. The molecular formula is C19H20F3N5O4. The van der Waals surface area contributed by atoms with Gasteiger partial charge in [0.1, 0.15) is 18.3 Å². The monoisotopic (exact) mass is 439 g/mol. The minimum Gasteiger partial charge on any atom is -0.474 e. The molecule has 3 rings (SSSR count). The Bertz CT molecular complexity index is 972. The molecule has 31 heavy (non-hydrogen) atoms. The number of aliphatic imine (C=N–C) groups is 1. The maximum absolute atomic E-state index is 14.4. The summed E-state index contributed by atoms with van der Waals surface area (Å²) < 4.78 is 57.5. The van der Waals surface area contributed by atoms with E-state index in [9.17, 15) is 18.0 Å². The lowest BCUT2D eigenvalue weighted by atomic mass is 9.90. The third-order valence-electron chi connectivity index (χ3n) is 4.11. The van der Waals surface area contributed by atoms with Gasteiger partial charge in [-0.25, -0.2) is 27.9 Å². The van der Waals surface area contributed by atoms with Gasteiger partial charge < -0.3 is 19.9 Å². The highest BCUT2D eigenvalue weighted by atomic mass is 19.3. The van der Waals surface area contributed by atoms with E-state index in [0.717, 1.165) is 12.1 Å². The number of ether oxygens (including phenoxy) is 3. The third-order valence-corrected chi connectivity index (χ3v) is 4.11. The number of hydrogen-bond donors (Lipinski definition) is 2. The molecule has 0 aliphatic carbocycles. The van der Waals surface area contributed by atoms with Crippen LogP contribution in [-0.2, 0) is 10.3 Å². The normalized spacial score (nSPS) is 18.6. The second-order valence-electron chi connectivity index (χ2n) is 6.89. The van der Waals surface area contributed by atoms with Crippen LogP contribution in [0.25, 0.3) is 0 Å². The van der Waals surface area contributed by atoms with Crippen LogP contribution in [0.4, 0.5) is 23.7 Å². The number of alkyl halides is 2. The Balaban J connectivity index is 1.77. The topological polar surface area (TPSA) is 121 Å². The summed E-state index contributed by atoms with van der Waals surface area (Å²) in [4.78, 5) is 23.7. The molecule has 3 N–H and O–H groups in total. The molecule has 166 valence electrons. The van der Waals surface area contributed by atoms with Crippen molar-refractivity contribution in [3.8, 4) is 11.8 Å². The van der Waals surface area contributed by atoms with Crippen molar-refractivity contribution in [3.05, 3.63) is 42.0 Å². The van der Waals surface area contributed by atoms with Gasteiger partial charge in [0.15, 0.2) is 5.54 Å². The van der Waals surface area contributed by atoms with Crippen LogP contribution in [-0.4, -0.2) is 47.6 Å². The van der Waals surface area contributed by atoms with Crippen LogP contribution in [0.3, 0.4) is 0 Å². The van der Waals surface area contributed by atoms with Crippen molar-refractivity contribution >= 4 is 17.6 Å². The van der Waals surface area contributed by atoms with Crippen molar-refractivity contribution in [1.29, 1.82) is 0 Å². The van der Waals surface area contributed by atoms with Crippen LogP contribution >= 0.6 is 0 Å². The molecule has 0 saturated carbocycles. The summed E-state index contributed by atoms with van der Waals surface area (Å²) in [5, 5.41) is 2.32. The van der Waals surface area contributed by atoms with Gasteiger partial charge in [-0.2, -0.15) is 0 Å². The van der Waals surface area contributed by atoms with Gasteiger partial charge in [-0.3, -0.25) is 10.3 Å². The number of hydrogen-bond acceptors (Lipinski definition) is 8. The number of nitrogens with one attached hydrogen (secondary N) is 1. The molecule has 0 radical (unpaired) electrons. The molecule has 1 aromatic heterocycles. The third kappa shape index (κ3) is 5.20. The van der Waals surface area contributed by atoms with Crippen LogP contribution in [0.15, 0.2) is 35.6 Å². The molecule has 2 aromatic rings. The minimum absolute atomic E-state index is 0.00603. The smallest absolute Gasteiger partial charge is 0.418 e. The highest BCUT2D eigenvalue weighted by molar-refractivity contribution is 5.86. The van der Waals surface area contributed by atoms with Crippen LogP contribution in [0, 0.1) is 5.82 Å². The van der Waals surface area contributed by atoms with E-state index in [2.05, 4.69) is 20.3 Å². The van der Waals surface area contributed by atoms with Gasteiger partial charge in [-0.05, 0) is 32.0 Å². The Morgan fingerprint density at radius 3 is 2.58 bits per heavy atom. The molecule has 0 fully saturated rings. The summed E-state index contributed by atoms with van der Waals surface area (Å²) >= 11 is 0. The Hall–Kier alpha value is -3.41. The number of amides is 1. The largest absolute Gasteiger partial charge is 0.474 e. The Labute approximate surface area is 175 Å². The molecule has 1 aliphatic rings. The summed E-state index contributed by atoms with van der Waals surface area (Å²) in [6.07, 6.45) is -1.75. The number of halogens is 3. The SMILES string of the molecule is CC(C)Oc1cnc(OC(=O)Nc2ccc(F)c([C@]3(C(F)F)COCC(N)=N3)c2)cn1. The van der Waals surface area contributed by atoms with Crippen molar-refractivity contribution in [2.24, 2.45) is 10.7 Å². The zero-order valence-electron chi connectivity index (χ0n) is 16.6. The zero-order chi connectivity index (χ0) is 22.6. The highest BCUT2D eigenvalue weighted by Crippen LogP contribution is 2.38. The van der Waals surface area contributed by atoms with Gasteiger partial charge >= 0.3 is 6.09 Å². The van der Waals surface area contributed by atoms with Gasteiger partial charge in [0.25, 0.3) is 6.43 Å². The molecule has 0 saturated heterocycles. The minimum atomic E-state index is -3.11. The van der Waals surface area contributed by atoms with Crippen molar-refractivity contribution in [1.82, 2.24) is 9.97 Å². The first-order valence-corrected chi connectivity index (χ1v) is 9.17. The van der Waals surface area contributed by atoms with Crippen LogP contribution in [0.1, 0.15) is 19.4 Å². The first kappa shape index (κ1) is 22.3. The van der Waals surface area contributed by atoms with E-state index in [4.69, 9.17) is 19.9 Å². The van der Waals surface area contributed by atoms with Crippen LogP contribution < -0.4 is 20.5 Å². The molecule has 0 bridgehead atoms. The zero-order valence-corrected chi connectivity index (χ0v) is 16.6. The first-order valence-electron chi connectivity index (χ1n) is 9.17. The second kappa shape index (κ2) is 9.16. The fraction of sp³-hybridized carbons (Fsp3) is 0.368. The fourth-order valence-corrected chi connectivity index (χ4v) is 2.83. The molecule has 1 aliphatic heterocycles. The number of aromatic nitrogens is 2. The van der Waals surface area contributed by atoms with E-state index in [0.29, 0.717) is 0 Å². The fourth-order valence-electron chi connectivity index (χ4n) is 2.83. The summed E-state index contributed by atoms with van der Waals surface area (Å²) in [5.74, 6) is -1.02. The average Bonchev–Trinajstić information content (AvgIpc) is 2.70. The number of amidine groups is 1. The molecular weight excluding hydrogens is 419 g/mol. The van der Waals surface area contributed by atoms with Crippen LogP contribution in [0.2, 0.25) is 0 Å². The van der Waals surface area contributed by atoms with Crippen molar-refractivity contribution in [2.45, 2.75) is 31.9 Å². The van der Waals surface area contributed by atoms with Gasteiger partial charge in [-0.15, -0.1) is 0 Å². The molecule has 1 aromatic carbocycles. The van der Waals surface area contributed by atoms with E-state index in [-0.39, 0.29) is 36.0 Å². The molecule has 0 unspecified atom stereocenters. The Morgan fingerprint density at radius 1 is 1.26 bits per heavy atom. The molecule has 1 amide bonds. The number of rotatable bonds is 6. The number of carbonyl (C=O) groups is 1. The number of benzene rings is 1. The lowest BCUT2D eigenvalue weighted by Crippen LogP contribution is -2.45. The maximum Gasteiger partial charge on any atom is 0.418 e. The van der Waals surface area contributed by atoms with E-state index in [1.54, 1.807) is 0 Å². The quantitative estimate of drug-likeness (QED) is 0.710. The second-order valence-corrected chi connectivity index (χ2v) is 6.89. The molecule has 9 nitrogen and oxygen atoms in total. The lowest BCUT2D eigenvalue weighted by molar-refractivity contribution is -0.0145. The highest BCUT2D eigenvalue weighted by Gasteiger charge is 2.46. The Morgan fingerprint density at radius 2 is 1.97 bits per heavy atom. The van der Waals surface area contributed by atoms with E-state index >= 15 is 0 Å². The predicted octanol–water partition coefficient (Wildman–Crippen LogP) is 2.86. The molecule has 12 heteroatoms. The van der Waals surface area contributed by atoms with Crippen LogP contribution in [0.5, 0.6) is 11.8 Å². The van der Waals surface area contributed by atoms with Crippen molar-refractivity contribution in [2.75, 3.05) is 18.5 Å². The first-order chi connectivity index (χ1) is 14.7. The lowest BCUT2D eigenvalue weighted by Gasteiger charge is -2.33. The summed E-state index contributed by atoms with van der Waals surface area (Å²) in [6.45, 7) is 2.92.